The summed E-state index contributed by atoms with van der Waals surface area (Å²) in [5, 5.41) is 4.18. The highest BCUT2D eigenvalue weighted by atomic mass is 32.1. The molecule has 0 atom stereocenters. The van der Waals surface area contributed by atoms with Crippen molar-refractivity contribution < 1.29 is 9.59 Å². The Kier molecular flexibility index (Phi) is 4.89. The van der Waals surface area contributed by atoms with Crippen LogP contribution in [-0.2, 0) is 9.59 Å². The second-order valence-electron chi connectivity index (χ2n) is 6.49. The van der Waals surface area contributed by atoms with Gasteiger partial charge in [0.25, 0.3) is 0 Å². The Morgan fingerprint density at radius 2 is 1.92 bits per heavy atom. The number of hydrogen-bond acceptors (Lipinski definition) is 6. The van der Waals surface area contributed by atoms with E-state index in [9.17, 15) is 9.59 Å². The molecule has 8 heteroatoms. The zero-order chi connectivity index (χ0) is 18.1. The van der Waals surface area contributed by atoms with Gasteiger partial charge >= 0.3 is 0 Å². The average Bonchev–Trinajstić information content (AvgIpc) is 2.86. The van der Waals surface area contributed by atoms with Gasteiger partial charge in [-0.25, -0.2) is 9.97 Å². The second-order valence-corrected chi connectivity index (χ2v) is 7.70. The number of anilines is 1. The molecule has 2 aromatic heterocycles. The van der Waals surface area contributed by atoms with E-state index in [0.29, 0.717) is 37.6 Å². The molecule has 1 saturated heterocycles. The minimum absolute atomic E-state index is 0.0111. The number of aryl methyl sites for hydroxylation is 3. The van der Waals surface area contributed by atoms with Gasteiger partial charge < -0.3 is 16.0 Å². The molecule has 0 saturated carbocycles. The number of rotatable bonds is 4. The molecule has 134 valence electrons. The summed E-state index contributed by atoms with van der Waals surface area (Å²) in [6.45, 7) is 7.29. The van der Waals surface area contributed by atoms with E-state index in [-0.39, 0.29) is 24.3 Å². The Labute approximate surface area is 150 Å². The van der Waals surface area contributed by atoms with E-state index in [1.54, 1.807) is 16.2 Å². The molecule has 1 aliphatic rings. The number of carbonyl (C=O) groups excluding carboxylic acids is 2. The molecule has 3 rings (SSSR count). The second kappa shape index (κ2) is 6.95. The van der Waals surface area contributed by atoms with Gasteiger partial charge in [-0.3, -0.25) is 9.59 Å². The summed E-state index contributed by atoms with van der Waals surface area (Å²) in [6.07, 6.45) is 1.28. The van der Waals surface area contributed by atoms with Crippen LogP contribution in [0, 0.1) is 26.7 Å². The summed E-state index contributed by atoms with van der Waals surface area (Å²) in [5.41, 5.74) is 6.49. The number of primary amides is 1. The smallest absolute Gasteiger partial charge is 0.241 e. The molecular formula is C17H23N5O2S. The minimum Gasteiger partial charge on any atom is -0.369 e. The van der Waals surface area contributed by atoms with Crippen LogP contribution >= 0.6 is 11.3 Å². The van der Waals surface area contributed by atoms with Gasteiger partial charge in [-0.1, -0.05) is 0 Å². The molecule has 2 aromatic rings. The summed E-state index contributed by atoms with van der Waals surface area (Å²) in [5.74, 6) is 1.03. The number of nitrogens with two attached hydrogens (primary N) is 1. The van der Waals surface area contributed by atoms with Crippen molar-refractivity contribution in [3.63, 3.8) is 0 Å². The maximum absolute atomic E-state index is 12.5. The van der Waals surface area contributed by atoms with Crippen LogP contribution < -0.4 is 11.1 Å². The molecule has 0 radical (unpaired) electrons. The van der Waals surface area contributed by atoms with Gasteiger partial charge in [0, 0.05) is 23.9 Å². The molecule has 0 aliphatic carbocycles. The van der Waals surface area contributed by atoms with Crippen molar-refractivity contribution in [3.8, 4) is 0 Å². The Morgan fingerprint density at radius 3 is 2.56 bits per heavy atom. The van der Waals surface area contributed by atoms with E-state index >= 15 is 0 Å². The summed E-state index contributed by atoms with van der Waals surface area (Å²) in [4.78, 5) is 36.6. The highest BCUT2D eigenvalue weighted by Gasteiger charge is 2.25. The van der Waals surface area contributed by atoms with Crippen molar-refractivity contribution in [1.29, 1.82) is 0 Å². The molecule has 0 unspecified atom stereocenters. The highest BCUT2D eigenvalue weighted by molar-refractivity contribution is 7.18. The number of nitrogens with one attached hydrogen (secondary N) is 1. The third-order valence-corrected chi connectivity index (χ3v) is 5.90. The van der Waals surface area contributed by atoms with Crippen LogP contribution in [0.3, 0.4) is 0 Å². The lowest BCUT2D eigenvalue weighted by atomic mass is 9.96. The lowest BCUT2D eigenvalue weighted by Gasteiger charge is -2.30. The summed E-state index contributed by atoms with van der Waals surface area (Å²) < 4.78 is 0. The molecule has 3 heterocycles. The van der Waals surface area contributed by atoms with Crippen molar-refractivity contribution in [3.05, 3.63) is 16.3 Å². The van der Waals surface area contributed by atoms with Crippen LogP contribution in [-0.4, -0.2) is 46.3 Å². The largest absolute Gasteiger partial charge is 0.369 e. The molecule has 3 N–H and O–H groups in total. The van der Waals surface area contributed by atoms with Gasteiger partial charge in [0.15, 0.2) is 0 Å². The van der Waals surface area contributed by atoms with E-state index in [4.69, 9.17) is 5.73 Å². The molecule has 1 fully saturated rings. The quantitative estimate of drug-likeness (QED) is 0.864. The van der Waals surface area contributed by atoms with Crippen LogP contribution in [0.15, 0.2) is 0 Å². The lowest BCUT2D eigenvalue weighted by molar-refractivity contribution is -0.133. The van der Waals surface area contributed by atoms with Gasteiger partial charge in [-0.05, 0) is 39.2 Å². The number of aromatic nitrogens is 2. The van der Waals surface area contributed by atoms with Gasteiger partial charge in [0.05, 0.1) is 11.9 Å². The first-order chi connectivity index (χ1) is 11.9. The monoisotopic (exact) mass is 361 g/mol. The first-order valence-corrected chi connectivity index (χ1v) is 9.23. The van der Waals surface area contributed by atoms with Crippen molar-refractivity contribution in [2.45, 2.75) is 33.6 Å². The molecule has 7 nitrogen and oxygen atoms in total. The van der Waals surface area contributed by atoms with E-state index in [1.807, 2.05) is 6.92 Å². The van der Waals surface area contributed by atoms with E-state index in [0.717, 1.165) is 15.8 Å². The van der Waals surface area contributed by atoms with Gasteiger partial charge in [0.2, 0.25) is 11.8 Å². The first-order valence-electron chi connectivity index (χ1n) is 8.42. The van der Waals surface area contributed by atoms with Crippen molar-refractivity contribution in [2.75, 3.05) is 25.0 Å². The van der Waals surface area contributed by atoms with Gasteiger partial charge in [-0.2, -0.15) is 0 Å². The van der Waals surface area contributed by atoms with Gasteiger partial charge in [0.1, 0.15) is 16.5 Å². The molecule has 0 aromatic carbocycles. The fourth-order valence-corrected chi connectivity index (χ4v) is 4.24. The normalized spacial score (nSPS) is 15.6. The standard InChI is InChI=1S/C17H23N5O2S/c1-9-10(2)25-17-14(9)16(20-11(3)21-17)19-8-13(23)22-6-4-12(5-7-22)15(18)24/h12H,4-8H2,1-3H3,(H2,18,24)(H,19,20,21). The third-order valence-electron chi connectivity index (χ3n) is 4.80. The van der Waals surface area contributed by atoms with E-state index < -0.39 is 0 Å². The predicted molar refractivity (Wildman–Crippen MR) is 98.6 cm³/mol. The number of likely N-dealkylation sites (tertiary alicyclic amines) is 1. The maximum Gasteiger partial charge on any atom is 0.241 e. The Morgan fingerprint density at radius 1 is 1.24 bits per heavy atom. The van der Waals surface area contributed by atoms with Crippen LogP contribution in [0.2, 0.25) is 0 Å². The van der Waals surface area contributed by atoms with E-state index in [1.165, 1.54) is 4.88 Å². The highest BCUT2D eigenvalue weighted by Crippen LogP contribution is 2.33. The third kappa shape index (κ3) is 3.58. The van der Waals surface area contributed by atoms with Crippen molar-refractivity contribution in [2.24, 2.45) is 11.7 Å². The maximum atomic E-state index is 12.5. The number of piperidine rings is 1. The number of fused-ring (bicyclic) bond motifs is 1. The minimum atomic E-state index is -0.271. The number of amides is 2. The lowest BCUT2D eigenvalue weighted by Crippen LogP contribution is -2.43. The van der Waals surface area contributed by atoms with Crippen LogP contribution in [0.25, 0.3) is 10.2 Å². The Bertz CT molecular complexity index is 824. The zero-order valence-corrected chi connectivity index (χ0v) is 15.6. The van der Waals surface area contributed by atoms with Crippen molar-refractivity contribution >= 4 is 39.2 Å². The number of nitrogens with zero attached hydrogens (tertiary/aromatic N) is 3. The predicted octanol–water partition coefficient (Wildman–Crippen LogP) is 1.75. The average molecular weight is 361 g/mol. The van der Waals surface area contributed by atoms with Gasteiger partial charge in [-0.15, -0.1) is 11.3 Å². The zero-order valence-electron chi connectivity index (χ0n) is 14.8. The number of thiophene rings is 1. The van der Waals surface area contributed by atoms with Crippen molar-refractivity contribution in [1.82, 2.24) is 14.9 Å². The summed E-state index contributed by atoms with van der Waals surface area (Å²) >= 11 is 1.64. The summed E-state index contributed by atoms with van der Waals surface area (Å²) in [6, 6.07) is 0. The molecule has 1 aliphatic heterocycles. The molecular weight excluding hydrogens is 338 g/mol. The topological polar surface area (TPSA) is 101 Å². The first kappa shape index (κ1) is 17.6. The fourth-order valence-electron chi connectivity index (χ4n) is 3.17. The summed E-state index contributed by atoms with van der Waals surface area (Å²) in [7, 11) is 0. The Balaban J connectivity index is 1.69. The molecule has 0 bridgehead atoms. The fraction of sp³-hybridized carbons (Fsp3) is 0.529. The Hall–Kier alpha value is -2.22. The number of carbonyl (C=O) groups is 2. The molecule has 25 heavy (non-hydrogen) atoms. The van der Waals surface area contributed by atoms with Crippen LogP contribution in [0.5, 0.6) is 0 Å². The van der Waals surface area contributed by atoms with Crippen LogP contribution in [0.4, 0.5) is 5.82 Å². The molecule has 2 amide bonds. The number of hydrogen-bond donors (Lipinski definition) is 2. The molecule has 0 spiro atoms. The van der Waals surface area contributed by atoms with Crippen LogP contribution in [0.1, 0.15) is 29.1 Å². The van der Waals surface area contributed by atoms with E-state index in [2.05, 4.69) is 29.1 Å². The SMILES string of the molecule is Cc1nc(NCC(=O)N2CCC(C(N)=O)CC2)c2c(C)c(C)sc2n1.